The van der Waals surface area contributed by atoms with Crippen molar-refractivity contribution >= 4 is 0 Å². The fourth-order valence-corrected chi connectivity index (χ4v) is 1.72. The summed E-state index contributed by atoms with van der Waals surface area (Å²) < 4.78 is 0. The van der Waals surface area contributed by atoms with E-state index in [1.54, 1.807) is 0 Å². The van der Waals surface area contributed by atoms with Crippen LogP contribution in [0, 0.1) is 0 Å². The van der Waals surface area contributed by atoms with Crippen molar-refractivity contribution in [3.63, 3.8) is 0 Å². The molecule has 0 spiro atoms. The van der Waals surface area contributed by atoms with Crippen LogP contribution in [0.5, 0.6) is 0 Å². The van der Waals surface area contributed by atoms with E-state index in [1.165, 1.54) is 57.8 Å². The lowest BCUT2D eigenvalue weighted by molar-refractivity contribution is 0.611. The summed E-state index contributed by atoms with van der Waals surface area (Å²) in [6.45, 7) is 4.49. The standard InChI is InChI=1S/C16H30/c1-3-5-7-9-11-13-15-16-14-12-10-8-6-4-2/h7,9,13,15H,3-6,8,10-12,14,16H2,1-2H3. The molecule has 0 radical (unpaired) electrons. The van der Waals surface area contributed by atoms with Gasteiger partial charge in [-0.15, -0.1) is 0 Å². The van der Waals surface area contributed by atoms with Crippen LogP contribution in [0.25, 0.3) is 0 Å². The zero-order valence-corrected chi connectivity index (χ0v) is 11.4. The minimum absolute atomic E-state index is 1.12. The second-order valence-electron chi connectivity index (χ2n) is 4.52. The summed E-state index contributed by atoms with van der Waals surface area (Å²) in [7, 11) is 0. The van der Waals surface area contributed by atoms with Gasteiger partial charge in [-0.05, 0) is 25.7 Å². The van der Waals surface area contributed by atoms with E-state index in [-0.39, 0.29) is 0 Å². The molecule has 0 aromatic carbocycles. The molecule has 0 fully saturated rings. The van der Waals surface area contributed by atoms with Crippen molar-refractivity contribution in [1.82, 2.24) is 0 Å². The average Bonchev–Trinajstić information content (AvgIpc) is 2.31. The summed E-state index contributed by atoms with van der Waals surface area (Å²) in [5, 5.41) is 0. The molecule has 0 nitrogen and oxygen atoms in total. The monoisotopic (exact) mass is 222 g/mol. The van der Waals surface area contributed by atoms with Gasteiger partial charge < -0.3 is 0 Å². The number of rotatable bonds is 11. The normalized spacial score (nSPS) is 11.9. The topological polar surface area (TPSA) is 0 Å². The summed E-state index contributed by atoms with van der Waals surface area (Å²) in [5.41, 5.74) is 0. The zero-order chi connectivity index (χ0) is 11.9. The highest BCUT2D eigenvalue weighted by Gasteiger charge is 1.87. The number of unbranched alkanes of at least 4 members (excludes halogenated alkanes) is 7. The third kappa shape index (κ3) is 13.5. The van der Waals surface area contributed by atoms with Crippen molar-refractivity contribution in [2.45, 2.75) is 78.1 Å². The Kier molecular flexibility index (Phi) is 14.0. The Morgan fingerprint density at radius 3 is 1.88 bits per heavy atom. The van der Waals surface area contributed by atoms with E-state index in [9.17, 15) is 0 Å². The first-order chi connectivity index (χ1) is 7.91. The molecule has 0 saturated heterocycles. The molecular weight excluding hydrogens is 192 g/mol. The van der Waals surface area contributed by atoms with Crippen LogP contribution in [-0.4, -0.2) is 0 Å². The molecule has 0 amide bonds. The molecule has 0 rings (SSSR count). The average molecular weight is 222 g/mol. The quantitative estimate of drug-likeness (QED) is 0.295. The summed E-state index contributed by atoms with van der Waals surface area (Å²) in [6, 6.07) is 0. The van der Waals surface area contributed by atoms with Crippen LogP contribution in [0.3, 0.4) is 0 Å². The maximum Gasteiger partial charge on any atom is -0.0169 e. The van der Waals surface area contributed by atoms with Gasteiger partial charge in [-0.3, -0.25) is 0 Å². The zero-order valence-electron chi connectivity index (χ0n) is 11.4. The molecule has 0 aliphatic rings. The molecule has 0 aromatic rings. The van der Waals surface area contributed by atoms with E-state index in [4.69, 9.17) is 0 Å². The fraction of sp³-hybridized carbons (Fsp3) is 0.750. The van der Waals surface area contributed by atoms with E-state index in [0.29, 0.717) is 0 Å². The third-order valence-corrected chi connectivity index (χ3v) is 2.79. The Morgan fingerprint density at radius 2 is 1.19 bits per heavy atom. The Bertz CT molecular complexity index is 165. The predicted octanol–water partition coefficient (Wildman–Crippen LogP) is 6.04. The lowest BCUT2D eigenvalue weighted by Gasteiger charge is -1.97. The minimum atomic E-state index is 1.12. The number of allylic oxidation sites excluding steroid dienone is 4. The SMILES string of the molecule is CCCC=CCC=CCCCCCCCC. The van der Waals surface area contributed by atoms with Crippen molar-refractivity contribution < 1.29 is 0 Å². The molecule has 0 unspecified atom stereocenters. The summed E-state index contributed by atoms with van der Waals surface area (Å²) in [6.07, 6.45) is 22.5. The second kappa shape index (κ2) is 14.5. The van der Waals surface area contributed by atoms with Gasteiger partial charge in [0.05, 0.1) is 0 Å². The molecule has 0 aliphatic carbocycles. The first-order valence-corrected chi connectivity index (χ1v) is 7.21. The molecule has 0 heteroatoms. The maximum absolute atomic E-state index is 2.34. The van der Waals surface area contributed by atoms with Crippen LogP contribution in [0.15, 0.2) is 24.3 Å². The minimum Gasteiger partial charge on any atom is -0.0882 e. The molecule has 16 heavy (non-hydrogen) atoms. The van der Waals surface area contributed by atoms with Crippen molar-refractivity contribution in [3.05, 3.63) is 24.3 Å². The fourth-order valence-electron chi connectivity index (χ4n) is 1.72. The van der Waals surface area contributed by atoms with Gasteiger partial charge in [0, 0.05) is 0 Å². The second-order valence-corrected chi connectivity index (χ2v) is 4.52. The van der Waals surface area contributed by atoms with E-state index >= 15 is 0 Å². The van der Waals surface area contributed by atoms with Crippen LogP contribution in [0.1, 0.15) is 78.1 Å². The molecule has 0 N–H and O–H groups in total. The largest absolute Gasteiger partial charge is 0.0882 e. The predicted molar refractivity (Wildman–Crippen MR) is 75.8 cm³/mol. The summed E-state index contributed by atoms with van der Waals surface area (Å²) >= 11 is 0. The van der Waals surface area contributed by atoms with Gasteiger partial charge in [-0.25, -0.2) is 0 Å². The molecule has 0 bridgehead atoms. The molecule has 0 aliphatic heterocycles. The van der Waals surface area contributed by atoms with Crippen molar-refractivity contribution in [1.29, 1.82) is 0 Å². The van der Waals surface area contributed by atoms with Crippen LogP contribution in [-0.2, 0) is 0 Å². The van der Waals surface area contributed by atoms with Gasteiger partial charge in [0.25, 0.3) is 0 Å². The van der Waals surface area contributed by atoms with Crippen molar-refractivity contribution in [2.75, 3.05) is 0 Å². The van der Waals surface area contributed by atoms with E-state index < -0.39 is 0 Å². The highest BCUT2D eigenvalue weighted by molar-refractivity contribution is 4.92. The lowest BCUT2D eigenvalue weighted by atomic mass is 10.1. The van der Waals surface area contributed by atoms with Crippen molar-refractivity contribution in [3.8, 4) is 0 Å². The lowest BCUT2D eigenvalue weighted by Crippen LogP contribution is -1.77. The van der Waals surface area contributed by atoms with Gasteiger partial charge in [-0.1, -0.05) is 76.7 Å². The van der Waals surface area contributed by atoms with E-state index in [0.717, 1.165) is 6.42 Å². The smallest absolute Gasteiger partial charge is 0.0169 e. The molecular formula is C16H30. The van der Waals surface area contributed by atoms with Gasteiger partial charge in [0.2, 0.25) is 0 Å². The Hall–Kier alpha value is -0.520. The van der Waals surface area contributed by atoms with Crippen LogP contribution >= 0.6 is 0 Å². The van der Waals surface area contributed by atoms with E-state index in [2.05, 4.69) is 38.2 Å². The Labute approximate surface area is 103 Å². The van der Waals surface area contributed by atoms with Gasteiger partial charge in [0.1, 0.15) is 0 Å². The Balaban J connectivity index is 3.09. The highest BCUT2D eigenvalue weighted by atomic mass is 13.9. The highest BCUT2D eigenvalue weighted by Crippen LogP contribution is 2.07. The van der Waals surface area contributed by atoms with Crippen LogP contribution in [0.4, 0.5) is 0 Å². The first kappa shape index (κ1) is 15.5. The molecule has 0 atom stereocenters. The summed E-state index contributed by atoms with van der Waals surface area (Å²) in [5.74, 6) is 0. The van der Waals surface area contributed by atoms with Gasteiger partial charge in [-0.2, -0.15) is 0 Å². The molecule has 94 valence electrons. The van der Waals surface area contributed by atoms with E-state index in [1.807, 2.05) is 0 Å². The Morgan fingerprint density at radius 1 is 0.562 bits per heavy atom. The van der Waals surface area contributed by atoms with Crippen LogP contribution in [0.2, 0.25) is 0 Å². The molecule has 0 saturated carbocycles. The van der Waals surface area contributed by atoms with Gasteiger partial charge in [0.15, 0.2) is 0 Å². The number of hydrogen-bond acceptors (Lipinski definition) is 0. The molecule has 0 heterocycles. The van der Waals surface area contributed by atoms with Crippen LogP contribution < -0.4 is 0 Å². The molecule has 0 aromatic heterocycles. The first-order valence-electron chi connectivity index (χ1n) is 7.21. The van der Waals surface area contributed by atoms with Crippen molar-refractivity contribution in [2.24, 2.45) is 0 Å². The maximum atomic E-state index is 2.34. The summed E-state index contributed by atoms with van der Waals surface area (Å²) in [4.78, 5) is 0. The number of hydrogen-bond donors (Lipinski definition) is 0. The van der Waals surface area contributed by atoms with Gasteiger partial charge >= 0.3 is 0 Å². The third-order valence-electron chi connectivity index (χ3n) is 2.79.